The van der Waals surface area contributed by atoms with Crippen molar-refractivity contribution < 1.29 is 17.9 Å². The molecule has 1 amide bonds. The normalized spacial score (nSPS) is 12.3. The first-order valence-electron chi connectivity index (χ1n) is 11.2. The number of benzene rings is 3. The van der Waals surface area contributed by atoms with Gasteiger partial charge in [0.2, 0.25) is 0 Å². The minimum absolute atomic E-state index is 0.0755. The summed E-state index contributed by atoms with van der Waals surface area (Å²) in [7, 11) is -2.26. The first-order chi connectivity index (χ1) is 16.1. The number of ether oxygens (including phenoxy) is 1. The third-order valence-electron chi connectivity index (χ3n) is 5.54. The highest BCUT2D eigenvalue weighted by Crippen LogP contribution is 2.25. The molecule has 3 aromatic carbocycles. The maximum Gasteiger partial charge on any atom is 0.262 e. The number of amides is 1. The Morgan fingerprint density at radius 2 is 1.68 bits per heavy atom. The standard InChI is InChI=1S/C27H32N2O4S/c1-18(2)15-25(21-11-13-24(33-5)14-12-21)28-27(30)22-10-9-20(4)26(17-22)34(31,32)29-23-8-6-7-19(3)16-23/h6-14,16-18,25,29H,15H2,1-5H3,(H,28,30)/t25-/m1/s1. The highest BCUT2D eigenvalue weighted by atomic mass is 32.2. The van der Waals surface area contributed by atoms with Crippen LogP contribution in [-0.2, 0) is 10.0 Å². The summed E-state index contributed by atoms with van der Waals surface area (Å²) < 4.78 is 34.1. The van der Waals surface area contributed by atoms with Crippen LogP contribution < -0.4 is 14.8 Å². The molecule has 2 N–H and O–H groups in total. The summed E-state index contributed by atoms with van der Waals surface area (Å²) in [5, 5.41) is 3.08. The topological polar surface area (TPSA) is 84.5 Å². The van der Waals surface area contributed by atoms with Crippen molar-refractivity contribution in [3.8, 4) is 5.75 Å². The van der Waals surface area contributed by atoms with Crippen molar-refractivity contribution >= 4 is 21.6 Å². The van der Waals surface area contributed by atoms with E-state index in [-0.39, 0.29) is 22.4 Å². The predicted molar refractivity (Wildman–Crippen MR) is 136 cm³/mol. The van der Waals surface area contributed by atoms with Gasteiger partial charge in [-0.1, -0.05) is 44.2 Å². The molecule has 0 radical (unpaired) electrons. The van der Waals surface area contributed by atoms with Gasteiger partial charge in [0.05, 0.1) is 18.0 Å². The van der Waals surface area contributed by atoms with Gasteiger partial charge in [-0.15, -0.1) is 0 Å². The quantitative estimate of drug-likeness (QED) is 0.416. The summed E-state index contributed by atoms with van der Waals surface area (Å²) in [4.78, 5) is 13.3. The average Bonchev–Trinajstić information content (AvgIpc) is 2.78. The molecule has 0 aliphatic rings. The zero-order valence-electron chi connectivity index (χ0n) is 20.3. The summed E-state index contributed by atoms with van der Waals surface area (Å²) in [5.74, 6) is 0.765. The fourth-order valence-corrected chi connectivity index (χ4v) is 5.10. The van der Waals surface area contributed by atoms with Gasteiger partial charge in [-0.05, 0) is 79.3 Å². The molecule has 34 heavy (non-hydrogen) atoms. The molecule has 6 nitrogen and oxygen atoms in total. The van der Waals surface area contributed by atoms with Gasteiger partial charge in [0.25, 0.3) is 15.9 Å². The molecule has 0 saturated carbocycles. The molecule has 0 aromatic heterocycles. The van der Waals surface area contributed by atoms with E-state index in [0.29, 0.717) is 17.2 Å². The van der Waals surface area contributed by atoms with Gasteiger partial charge in [0.15, 0.2) is 0 Å². The van der Waals surface area contributed by atoms with E-state index >= 15 is 0 Å². The Kier molecular flexibility index (Phi) is 7.99. The van der Waals surface area contributed by atoms with Gasteiger partial charge in [0, 0.05) is 11.3 Å². The molecule has 0 bridgehead atoms. The molecule has 0 aliphatic carbocycles. The van der Waals surface area contributed by atoms with Crippen LogP contribution >= 0.6 is 0 Å². The molecule has 3 aromatic rings. The van der Waals surface area contributed by atoms with Crippen molar-refractivity contribution in [1.82, 2.24) is 5.32 Å². The van der Waals surface area contributed by atoms with Crippen LogP contribution in [0.4, 0.5) is 5.69 Å². The highest BCUT2D eigenvalue weighted by molar-refractivity contribution is 7.92. The third-order valence-corrected chi connectivity index (χ3v) is 7.06. The number of hydrogen-bond acceptors (Lipinski definition) is 4. The van der Waals surface area contributed by atoms with Gasteiger partial charge in [-0.25, -0.2) is 8.42 Å². The van der Waals surface area contributed by atoms with Crippen LogP contribution in [0.2, 0.25) is 0 Å². The van der Waals surface area contributed by atoms with Gasteiger partial charge in [-0.2, -0.15) is 0 Å². The van der Waals surface area contributed by atoms with Gasteiger partial charge < -0.3 is 10.1 Å². The van der Waals surface area contributed by atoms with Crippen molar-refractivity contribution in [1.29, 1.82) is 0 Å². The van der Waals surface area contributed by atoms with E-state index in [4.69, 9.17) is 4.74 Å². The molecule has 0 fully saturated rings. The Morgan fingerprint density at radius 1 is 0.971 bits per heavy atom. The van der Waals surface area contributed by atoms with Gasteiger partial charge in [0.1, 0.15) is 5.75 Å². The summed E-state index contributed by atoms with van der Waals surface area (Å²) in [5.41, 5.74) is 3.23. The van der Waals surface area contributed by atoms with Crippen LogP contribution in [-0.4, -0.2) is 21.4 Å². The van der Waals surface area contributed by atoms with E-state index < -0.39 is 10.0 Å². The predicted octanol–water partition coefficient (Wildman–Crippen LogP) is 5.63. The van der Waals surface area contributed by atoms with Crippen molar-refractivity contribution in [3.63, 3.8) is 0 Å². The van der Waals surface area contributed by atoms with Crippen LogP contribution in [0.5, 0.6) is 5.75 Å². The fraction of sp³-hybridized carbons (Fsp3) is 0.296. The van der Waals surface area contributed by atoms with E-state index in [1.807, 2.05) is 37.3 Å². The number of sulfonamides is 1. The minimum atomic E-state index is -3.87. The number of rotatable bonds is 9. The van der Waals surface area contributed by atoms with Crippen LogP contribution in [0.15, 0.2) is 71.6 Å². The van der Waals surface area contributed by atoms with Crippen LogP contribution in [0.25, 0.3) is 0 Å². The monoisotopic (exact) mass is 480 g/mol. The second-order valence-electron chi connectivity index (χ2n) is 8.88. The van der Waals surface area contributed by atoms with Crippen molar-refractivity contribution in [2.24, 2.45) is 5.92 Å². The molecule has 0 spiro atoms. The van der Waals surface area contributed by atoms with E-state index in [9.17, 15) is 13.2 Å². The number of methoxy groups -OCH3 is 1. The Labute approximate surface area is 202 Å². The summed E-state index contributed by atoms with van der Waals surface area (Å²) in [6.45, 7) is 7.79. The van der Waals surface area contributed by atoms with Crippen LogP contribution in [0, 0.1) is 19.8 Å². The third kappa shape index (κ3) is 6.38. The first kappa shape index (κ1) is 25.3. The van der Waals surface area contributed by atoms with Crippen LogP contribution in [0.3, 0.4) is 0 Å². The molecule has 1 atom stereocenters. The lowest BCUT2D eigenvalue weighted by Gasteiger charge is -2.22. The first-order valence-corrected chi connectivity index (χ1v) is 12.7. The summed E-state index contributed by atoms with van der Waals surface area (Å²) in [6, 6.07) is 19.3. The Balaban J connectivity index is 1.87. The van der Waals surface area contributed by atoms with E-state index in [1.165, 1.54) is 6.07 Å². The van der Waals surface area contributed by atoms with Gasteiger partial charge in [-0.3, -0.25) is 9.52 Å². The van der Waals surface area contributed by atoms with Crippen LogP contribution in [0.1, 0.15) is 53.4 Å². The molecule has 3 rings (SSSR count). The SMILES string of the molecule is COc1ccc([C@@H](CC(C)C)NC(=O)c2ccc(C)c(S(=O)(=O)Nc3cccc(C)c3)c2)cc1. The lowest BCUT2D eigenvalue weighted by molar-refractivity contribution is 0.0931. The number of aryl methyl sites for hydroxylation is 2. The number of carbonyl (C=O) groups excluding carboxylic acids is 1. The molecule has 7 heteroatoms. The number of nitrogens with one attached hydrogen (secondary N) is 2. The number of hydrogen-bond donors (Lipinski definition) is 2. The number of anilines is 1. The molecule has 0 saturated heterocycles. The number of carbonyl (C=O) groups is 1. The molecule has 0 unspecified atom stereocenters. The van der Waals surface area contributed by atoms with Gasteiger partial charge >= 0.3 is 0 Å². The largest absolute Gasteiger partial charge is 0.497 e. The molecule has 180 valence electrons. The molecule has 0 heterocycles. The van der Waals surface area contributed by atoms with Crippen molar-refractivity contribution in [2.75, 3.05) is 11.8 Å². The lowest BCUT2D eigenvalue weighted by atomic mass is 9.96. The maximum absolute atomic E-state index is 13.2. The summed E-state index contributed by atoms with van der Waals surface area (Å²) >= 11 is 0. The zero-order chi connectivity index (χ0) is 24.9. The Hall–Kier alpha value is -3.32. The lowest BCUT2D eigenvalue weighted by Crippen LogP contribution is -2.29. The second kappa shape index (κ2) is 10.7. The Morgan fingerprint density at radius 3 is 2.29 bits per heavy atom. The van der Waals surface area contributed by atoms with Crippen molar-refractivity contribution in [2.45, 2.75) is 45.1 Å². The maximum atomic E-state index is 13.2. The van der Waals surface area contributed by atoms with Crippen molar-refractivity contribution in [3.05, 3.63) is 89.0 Å². The molecular formula is C27H32N2O4S. The second-order valence-corrected chi connectivity index (χ2v) is 10.5. The average molecular weight is 481 g/mol. The summed E-state index contributed by atoms with van der Waals surface area (Å²) in [6.07, 6.45) is 0.740. The van der Waals surface area contributed by atoms with E-state index in [1.54, 1.807) is 44.4 Å². The minimum Gasteiger partial charge on any atom is -0.497 e. The molecule has 0 aliphatic heterocycles. The highest BCUT2D eigenvalue weighted by Gasteiger charge is 2.22. The van der Waals surface area contributed by atoms with E-state index in [0.717, 1.165) is 23.3 Å². The smallest absolute Gasteiger partial charge is 0.262 e. The fourth-order valence-electron chi connectivity index (χ4n) is 3.78. The molecular weight excluding hydrogens is 448 g/mol. The zero-order valence-corrected chi connectivity index (χ0v) is 21.1. The van der Waals surface area contributed by atoms with E-state index in [2.05, 4.69) is 23.9 Å². The Bertz CT molecular complexity index is 1250.